The zero-order valence-electron chi connectivity index (χ0n) is 8.72. The van der Waals surface area contributed by atoms with Gasteiger partial charge >= 0.3 is 0 Å². The molecule has 2 heteroatoms. The molecule has 0 unspecified atom stereocenters. The van der Waals surface area contributed by atoms with Gasteiger partial charge in [-0.15, -0.1) is 0 Å². The van der Waals surface area contributed by atoms with Crippen LogP contribution in [0.25, 0.3) is 0 Å². The van der Waals surface area contributed by atoms with Gasteiger partial charge in [0.15, 0.2) is 0 Å². The largest absolute Gasteiger partial charge is 0.506 e. The fourth-order valence-electron chi connectivity index (χ4n) is 1.02. The number of hydrogen-bond donors (Lipinski definition) is 2. The van der Waals surface area contributed by atoms with Crippen molar-refractivity contribution < 1.29 is 5.11 Å². The second-order valence-electron chi connectivity index (χ2n) is 3.21. The Morgan fingerprint density at radius 2 is 1.40 bits per heavy atom. The lowest BCUT2D eigenvalue weighted by Gasteiger charge is -1.92. The molecule has 2 aromatic rings. The molecule has 3 N–H and O–H groups in total. The number of benzene rings is 2. The van der Waals surface area contributed by atoms with Crippen molar-refractivity contribution in [2.24, 2.45) is 0 Å². The molecule has 0 amide bonds. The van der Waals surface area contributed by atoms with Gasteiger partial charge in [0, 0.05) is 0 Å². The van der Waals surface area contributed by atoms with Gasteiger partial charge in [-0.25, -0.2) is 0 Å². The van der Waals surface area contributed by atoms with Crippen LogP contribution in [0.3, 0.4) is 0 Å². The quantitative estimate of drug-likeness (QED) is 0.508. The monoisotopic (exact) mass is 201 g/mol. The molecular formula is C13H15NO. The number of rotatable bonds is 0. The molecule has 2 nitrogen and oxygen atoms in total. The molecule has 0 radical (unpaired) electrons. The Labute approximate surface area is 90.0 Å². The van der Waals surface area contributed by atoms with Crippen LogP contribution in [0.4, 0.5) is 5.69 Å². The Hall–Kier alpha value is -1.96. The fraction of sp³-hybridized carbons (Fsp3) is 0.0769. The molecule has 0 bridgehead atoms. The lowest BCUT2D eigenvalue weighted by atomic mass is 10.2. The van der Waals surface area contributed by atoms with Gasteiger partial charge in [0.2, 0.25) is 0 Å². The van der Waals surface area contributed by atoms with Crippen molar-refractivity contribution in [3.8, 4) is 5.75 Å². The summed E-state index contributed by atoms with van der Waals surface area (Å²) in [5.74, 6) is 0.146. The highest BCUT2D eigenvalue weighted by Crippen LogP contribution is 2.16. The van der Waals surface area contributed by atoms with Crippen LogP contribution in [0, 0.1) is 6.92 Å². The van der Waals surface area contributed by atoms with Gasteiger partial charge < -0.3 is 10.8 Å². The molecular weight excluding hydrogens is 186 g/mol. The second kappa shape index (κ2) is 5.70. The van der Waals surface area contributed by atoms with Gasteiger partial charge in [0.1, 0.15) is 5.75 Å². The van der Waals surface area contributed by atoms with E-state index in [4.69, 9.17) is 10.8 Å². The summed E-state index contributed by atoms with van der Waals surface area (Å²) in [5.41, 5.74) is 7.02. The first-order valence-electron chi connectivity index (χ1n) is 4.75. The van der Waals surface area contributed by atoms with Crippen LogP contribution in [0.2, 0.25) is 0 Å². The van der Waals surface area contributed by atoms with E-state index in [0.717, 1.165) is 0 Å². The van der Waals surface area contributed by atoms with Crippen molar-refractivity contribution in [3.63, 3.8) is 0 Å². The third-order valence-corrected chi connectivity index (χ3v) is 1.88. The molecule has 2 rings (SSSR count). The Bertz CT molecular complexity index is 377. The summed E-state index contributed by atoms with van der Waals surface area (Å²) in [6.45, 7) is 2.08. The Balaban J connectivity index is 0.000000151. The van der Waals surface area contributed by atoms with Crippen LogP contribution in [-0.2, 0) is 0 Å². The van der Waals surface area contributed by atoms with E-state index in [1.54, 1.807) is 24.3 Å². The van der Waals surface area contributed by atoms with Crippen LogP contribution in [-0.4, -0.2) is 5.11 Å². The molecule has 0 aromatic heterocycles. The average Bonchev–Trinajstić information content (AvgIpc) is 2.25. The van der Waals surface area contributed by atoms with E-state index in [1.165, 1.54) is 5.56 Å². The predicted octanol–water partition coefficient (Wildman–Crippen LogP) is 2.97. The average molecular weight is 201 g/mol. The maximum Gasteiger partial charge on any atom is 0.138 e. The standard InChI is InChI=1S/C7H8.C6H7NO/c1-7-5-3-2-4-6-7;7-5-3-1-2-4-6(5)8/h2-6H,1H3;1-4,8H,7H2. The highest BCUT2D eigenvalue weighted by Gasteiger charge is 1.87. The van der Waals surface area contributed by atoms with Crippen LogP contribution >= 0.6 is 0 Å². The summed E-state index contributed by atoms with van der Waals surface area (Å²) in [6, 6.07) is 17.0. The summed E-state index contributed by atoms with van der Waals surface area (Å²) in [4.78, 5) is 0. The molecule has 0 saturated heterocycles. The molecule has 78 valence electrons. The molecule has 0 fully saturated rings. The number of phenolic OH excluding ortho intramolecular Hbond substituents is 1. The number of nitrogens with two attached hydrogens (primary N) is 1. The highest BCUT2D eigenvalue weighted by molar-refractivity contribution is 5.50. The minimum atomic E-state index is 0.146. The van der Waals surface area contributed by atoms with E-state index in [-0.39, 0.29) is 5.75 Å². The highest BCUT2D eigenvalue weighted by atomic mass is 16.3. The normalized spacial score (nSPS) is 8.87. The van der Waals surface area contributed by atoms with Crippen LogP contribution in [0.1, 0.15) is 5.56 Å². The van der Waals surface area contributed by atoms with Gasteiger partial charge in [-0.2, -0.15) is 0 Å². The Kier molecular flexibility index (Phi) is 4.23. The van der Waals surface area contributed by atoms with E-state index in [1.807, 2.05) is 18.2 Å². The second-order valence-corrected chi connectivity index (χ2v) is 3.21. The minimum absolute atomic E-state index is 0.146. The summed E-state index contributed by atoms with van der Waals surface area (Å²) in [5, 5.41) is 8.79. The van der Waals surface area contributed by atoms with E-state index in [2.05, 4.69) is 19.1 Å². The van der Waals surface area contributed by atoms with Crippen LogP contribution in [0.15, 0.2) is 54.6 Å². The number of nitrogen functional groups attached to an aromatic ring is 1. The zero-order valence-corrected chi connectivity index (χ0v) is 8.72. The van der Waals surface area contributed by atoms with Crippen molar-refractivity contribution in [1.29, 1.82) is 0 Å². The minimum Gasteiger partial charge on any atom is -0.506 e. The van der Waals surface area contributed by atoms with Gasteiger partial charge in [-0.1, -0.05) is 48.0 Å². The number of para-hydroxylation sites is 2. The van der Waals surface area contributed by atoms with E-state index < -0.39 is 0 Å². The molecule has 0 atom stereocenters. The van der Waals surface area contributed by atoms with Crippen LogP contribution in [0.5, 0.6) is 5.75 Å². The third kappa shape index (κ3) is 4.18. The topological polar surface area (TPSA) is 46.2 Å². The molecule has 0 aliphatic rings. The van der Waals surface area contributed by atoms with Crippen molar-refractivity contribution in [1.82, 2.24) is 0 Å². The number of anilines is 1. The van der Waals surface area contributed by atoms with Crippen molar-refractivity contribution in [3.05, 3.63) is 60.2 Å². The number of aryl methyl sites for hydroxylation is 1. The molecule has 2 aromatic carbocycles. The lowest BCUT2D eigenvalue weighted by molar-refractivity contribution is 0.478. The first kappa shape index (κ1) is 11.1. The molecule has 0 saturated carbocycles. The fourth-order valence-corrected chi connectivity index (χ4v) is 1.02. The summed E-state index contributed by atoms with van der Waals surface area (Å²) >= 11 is 0. The summed E-state index contributed by atoms with van der Waals surface area (Å²) < 4.78 is 0. The van der Waals surface area contributed by atoms with Crippen molar-refractivity contribution in [2.45, 2.75) is 6.92 Å². The smallest absolute Gasteiger partial charge is 0.138 e. The molecule has 15 heavy (non-hydrogen) atoms. The van der Waals surface area contributed by atoms with Gasteiger partial charge in [0.25, 0.3) is 0 Å². The summed E-state index contributed by atoms with van der Waals surface area (Å²) in [7, 11) is 0. The third-order valence-electron chi connectivity index (χ3n) is 1.88. The molecule has 0 spiro atoms. The first-order valence-corrected chi connectivity index (χ1v) is 4.75. The summed E-state index contributed by atoms with van der Waals surface area (Å²) in [6.07, 6.45) is 0. The molecule has 0 aliphatic carbocycles. The maximum atomic E-state index is 8.79. The maximum absolute atomic E-state index is 8.79. The predicted molar refractivity (Wildman–Crippen MR) is 63.7 cm³/mol. The number of hydrogen-bond acceptors (Lipinski definition) is 2. The SMILES string of the molecule is Cc1ccccc1.Nc1ccccc1O. The Morgan fingerprint density at radius 1 is 0.867 bits per heavy atom. The number of phenols is 1. The van der Waals surface area contributed by atoms with Crippen LogP contribution < -0.4 is 5.73 Å². The van der Waals surface area contributed by atoms with Crippen molar-refractivity contribution in [2.75, 3.05) is 5.73 Å². The first-order chi connectivity index (χ1) is 7.20. The molecule has 0 aliphatic heterocycles. The van der Waals surface area contributed by atoms with E-state index in [0.29, 0.717) is 5.69 Å². The van der Waals surface area contributed by atoms with E-state index in [9.17, 15) is 0 Å². The number of aromatic hydroxyl groups is 1. The lowest BCUT2D eigenvalue weighted by Crippen LogP contribution is -1.82. The van der Waals surface area contributed by atoms with E-state index >= 15 is 0 Å². The van der Waals surface area contributed by atoms with Gasteiger partial charge in [-0.3, -0.25) is 0 Å². The van der Waals surface area contributed by atoms with Gasteiger partial charge in [-0.05, 0) is 19.1 Å². The van der Waals surface area contributed by atoms with Gasteiger partial charge in [0.05, 0.1) is 5.69 Å². The van der Waals surface area contributed by atoms with Crippen molar-refractivity contribution >= 4 is 5.69 Å². The molecule has 0 heterocycles. The zero-order chi connectivity index (χ0) is 11.1. The Morgan fingerprint density at radius 3 is 1.73 bits per heavy atom.